The molecule has 2 heterocycles. The average molecular weight is 192 g/mol. The van der Waals surface area contributed by atoms with Gasteiger partial charge in [0.25, 0.3) is 0 Å². The number of fused-ring (bicyclic) bond motifs is 1. The fraction of sp³-hybridized carbons (Fsp3) is 0.200. The lowest BCUT2D eigenvalue weighted by molar-refractivity contribution is -0.116. The van der Waals surface area contributed by atoms with Crippen LogP contribution in [0.2, 0.25) is 0 Å². The molecular weight excluding hydrogens is 183 g/mol. The third-order valence-electron chi connectivity index (χ3n) is 1.99. The molecule has 0 atom stereocenters. The van der Waals surface area contributed by atoms with E-state index in [2.05, 4.69) is 4.98 Å². The van der Waals surface area contributed by atoms with Gasteiger partial charge in [-0.05, 0) is 19.1 Å². The number of rotatable bonds is 2. The maximum absolute atomic E-state index is 12.8. The van der Waals surface area contributed by atoms with Crippen LogP contribution in [0.5, 0.6) is 0 Å². The minimum atomic E-state index is -0.315. The molecule has 4 heteroatoms. The van der Waals surface area contributed by atoms with Crippen LogP contribution >= 0.6 is 0 Å². The molecule has 2 aromatic heterocycles. The van der Waals surface area contributed by atoms with E-state index in [0.717, 1.165) is 5.52 Å². The summed E-state index contributed by atoms with van der Waals surface area (Å²) in [5.41, 5.74) is 1.47. The highest BCUT2D eigenvalue weighted by Crippen LogP contribution is 2.11. The van der Waals surface area contributed by atoms with Gasteiger partial charge in [0.15, 0.2) is 0 Å². The molecule has 0 aliphatic heterocycles. The van der Waals surface area contributed by atoms with Crippen LogP contribution in [0.15, 0.2) is 24.7 Å². The normalized spacial score (nSPS) is 10.7. The Balaban J connectivity index is 2.52. The quantitative estimate of drug-likeness (QED) is 0.724. The van der Waals surface area contributed by atoms with Crippen LogP contribution in [-0.2, 0) is 11.2 Å². The molecular formula is C10H9FN2O. The smallest absolute Gasteiger partial charge is 0.139 e. The number of nitrogens with zero attached hydrogens (tertiary/aromatic N) is 2. The molecule has 0 aromatic carbocycles. The van der Waals surface area contributed by atoms with Gasteiger partial charge in [0.2, 0.25) is 0 Å². The number of pyridine rings is 1. The zero-order valence-corrected chi connectivity index (χ0v) is 7.70. The molecule has 0 aliphatic rings. The second-order valence-electron chi connectivity index (χ2n) is 3.21. The molecule has 2 aromatic rings. The standard InChI is InChI=1S/C10H9FN2O/c1-7(14)4-9-10-3-2-8(11)5-13(10)6-12-9/h2-3,5-6H,4H2,1H3. The van der Waals surface area contributed by atoms with Crippen LogP contribution in [0, 0.1) is 5.82 Å². The third kappa shape index (κ3) is 1.51. The lowest BCUT2D eigenvalue weighted by Gasteiger charge is -1.95. The Morgan fingerprint density at radius 3 is 3.07 bits per heavy atom. The van der Waals surface area contributed by atoms with Crippen LogP contribution in [-0.4, -0.2) is 15.2 Å². The summed E-state index contributed by atoms with van der Waals surface area (Å²) >= 11 is 0. The van der Waals surface area contributed by atoms with E-state index in [0.29, 0.717) is 12.1 Å². The van der Waals surface area contributed by atoms with Gasteiger partial charge in [-0.15, -0.1) is 0 Å². The van der Waals surface area contributed by atoms with Crippen molar-refractivity contribution in [3.63, 3.8) is 0 Å². The molecule has 0 spiro atoms. The topological polar surface area (TPSA) is 34.4 Å². The second kappa shape index (κ2) is 3.21. The minimum Gasteiger partial charge on any atom is -0.303 e. The minimum absolute atomic E-state index is 0.0509. The summed E-state index contributed by atoms with van der Waals surface area (Å²) in [7, 11) is 0. The Kier molecular flexibility index (Phi) is 2.04. The van der Waals surface area contributed by atoms with E-state index in [9.17, 15) is 9.18 Å². The van der Waals surface area contributed by atoms with E-state index in [1.165, 1.54) is 25.5 Å². The number of ketones is 1. The van der Waals surface area contributed by atoms with Crippen LogP contribution in [0.4, 0.5) is 4.39 Å². The Labute approximate surface area is 80.2 Å². The van der Waals surface area contributed by atoms with Crippen molar-refractivity contribution < 1.29 is 9.18 Å². The number of aromatic nitrogens is 2. The van der Waals surface area contributed by atoms with E-state index in [4.69, 9.17) is 0 Å². The fourth-order valence-corrected chi connectivity index (χ4v) is 1.40. The maximum atomic E-state index is 12.8. The number of imidazole rings is 1. The number of Topliss-reactive ketones (excluding diaryl/α,β-unsaturated/α-hetero) is 1. The maximum Gasteiger partial charge on any atom is 0.139 e. The summed E-state index contributed by atoms with van der Waals surface area (Å²) in [6.45, 7) is 1.51. The molecule has 2 rings (SSSR count). The van der Waals surface area contributed by atoms with E-state index in [1.807, 2.05) is 0 Å². The predicted molar refractivity (Wildman–Crippen MR) is 49.5 cm³/mol. The molecule has 0 saturated heterocycles. The number of carbonyl (C=O) groups is 1. The second-order valence-corrected chi connectivity index (χ2v) is 3.21. The predicted octanol–water partition coefficient (Wildman–Crippen LogP) is 1.60. The highest BCUT2D eigenvalue weighted by atomic mass is 19.1. The zero-order chi connectivity index (χ0) is 10.1. The van der Waals surface area contributed by atoms with Crippen LogP contribution < -0.4 is 0 Å². The first-order chi connectivity index (χ1) is 6.66. The first-order valence-electron chi connectivity index (χ1n) is 4.27. The van der Waals surface area contributed by atoms with Gasteiger partial charge >= 0.3 is 0 Å². The summed E-state index contributed by atoms with van der Waals surface area (Å²) < 4.78 is 14.4. The first-order valence-corrected chi connectivity index (χ1v) is 4.27. The third-order valence-corrected chi connectivity index (χ3v) is 1.99. The van der Waals surface area contributed by atoms with Crippen molar-refractivity contribution in [1.29, 1.82) is 0 Å². The Morgan fingerprint density at radius 1 is 1.57 bits per heavy atom. The monoisotopic (exact) mass is 192 g/mol. The number of hydrogen-bond donors (Lipinski definition) is 0. The van der Waals surface area contributed by atoms with E-state index >= 15 is 0 Å². The summed E-state index contributed by atoms with van der Waals surface area (Å²) in [6, 6.07) is 2.99. The molecule has 72 valence electrons. The highest BCUT2D eigenvalue weighted by Gasteiger charge is 2.06. The van der Waals surface area contributed by atoms with Gasteiger partial charge in [0.05, 0.1) is 24.0 Å². The molecule has 0 unspecified atom stereocenters. The van der Waals surface area contributed by atoms with Gasteiger partial charge in [-0.25, -0.2) is 9.37 Å². The summed E-state index contributed by atoms with van der Waals surface area (Å²) in [6.07, 6.45) is 3.14. The van der Waals surface area contributed by atoms with Gasteiger partial charge in [0, 0.05) is 6.20 Å². The molecule has 0 amide bonds. The first kappa shape index (κ1) is 8.87. The van der Waals surface area contributed by atoms with E-state index in [-0.39, 0.29) is 11.6 Å². The van der Waals surface area contributed by atoms with E-state index in [1.54, 1.807) is 10.5 Å². The van der Waals surface area contributed by atoms with Gasteiger partial charge in [-0.2, -0.15) is 0 Å². The molecule has 0 N–H and O–H groups in total. The lowest BCUT2D eigenvalue weighted by Crippen LogP contribution is -1.97. The Morgan fingerprint density at radius 2 is 2.36 bits per heavy atom. The summed E-state index contributed by atoms with van der Waals surface area (Å²) in [5, 5.41) is 0. The van der Waals surface area contributed by atoms with Crippen LogP contribution in [0.1, 0.15) is 12.6 Å². The highest BCUT2D eigenvalue weighted by molar-refractivity contribution is 5.79. The van der Waals surface area contributed by atoms with Gasteiger partial charge in [0.1, 0.15) is 11.6 Å². The fourth-order valence-electron chi connectivity index (χ4n) is 1.40. The van der Waals surface area contributed by atoms with E-state index < -0.39 is 0 Å². The van der Waals surface area contributed by atoms with Crippen LogP contribution in [0.25, 0.3) is 5.52 Å². The van der Waals surface area contributed by atoms with Crippen molar-refractivity contribution in [3.05, 3.63) is 36.2 Å². The van der Waals surface area contributed by atoms with Crippen molar-refractivity contribution in [1.82, 2.24) is 9.38 Å². The van der Waals surface area contributed by atoms with Crippen molar-refractivity contribution in [2.24, 2.45) is 0 Å². The number of halogens is 1. The SMILES string of the molecule is CC(=O)Cc1ncn2cc(F)ccc12. The molecule has 3 nitrogen and oxygen atoms in total. The van der Waals surface area contributed by atoms with Gasteiger partial charge < -0.3 is 4.40 Å². The zero-order valence-electron chi connectivity index (χ0n) is 7.70. The number of hydrogen-bond acceptors (Lipinski definition) is 2. The van der Waals surface area contributed by atoms with Crippen molar-refractivity contribution in [3.8, 4) is 0 Å². The lowest BCUT2D eigenvalue weighted by atomic mass is 10.2. The largest absolute Gasteiger partial charge is 0.303 e. The summed E-state index contributed by atoms with van der Waals surface area (Å²) in [5.74, 6) is -0.265. The molecule has 0 fully saturated rings. The van der Waals surface area contributed by atoms with Crippen molar-refractivity contribution in [2.45, 2.75) is 13.3 Å². The van der Waals surface area contributed by atoms with Crippen molar-refractivity contribution >= 4 is 11.3 Å². The molecule has 0 bridgehead atoms. The molecule has 0 aliphatic carbocycles. The van der Waals surface area contributed by atoms with Crippen molar-refractivity contribution in [2.75, 3.05) is 0 Å². The van der Waals surface area contributed by atoms with Crippen LogP contribution in [0.3, 0.4) is 0 Å². The molecule has 0 saturated carbocycles. The summed E-state index contributed by atoms with van der Waals surface area (Å²) in [4.78, 5) is 15.0. The molecule has 14 heavy (non-hydrogen) atoms. The van der Waals surface area contributed by atoms with Gasteiger partial charge in [-0.3, -0.25) is 4.79 Å². The average Bonchev–Trinajstić information content (AvgIpc) is 2.47. The Bertz CT molecular complexity index is 490. The van der Waals surface area contributed by atoms with Gasteiger partial charge in [-0.1, -0.05) is 0 Å². The number of carbonyl (C=O) groups excluding carboxylic acids is 1. The Hall–Kier alpha value is -1.71. The molecule has 0 radical (unpaired) electrons.